The largest absolute Gasteiger partial charge is 0.507 e. The van der Waals surface area contributed by atoms with E-state index < -0.39 is 12.0 Å². The third-order valence-corrected chi connectivity index (χ3v) is 6.10. The van der Waals surface area contributed by atoms with Gasteiger partial charge in [0.25, 0.3) is 0 Å². The number of aromatic nitrogens is 2. The molecule has 1 aliphatic rings. The molecule has 35 heavy (non-hydrogen) atoms. The van der Waals surface area contributed by atoms with Crippen LogP contribution in [0.2, 0.25) is 0 Å². The maximum absolute atomic E-state index is 12.7. The number of hydrogen-bond acceptors (Lipinski definition) is 7. The van der Waals surface area contributed by atoms with Crippen LogP contribution in [0.25, 0.3) is 0 Å². The molecule has 1 aromatic heterocycles. The van der Waals surface area contributed by atoms with Crippen molar-refractivity contribution in [2.45, 2.75) is 51.7 Å². The van der Waals surface area contributed by atoms with Crippen LogP contribution in [0.5, 0.6) is 5.75 Å². The summed E-state index contributed by atoms with van der Waals surface area (Å²) >= 11 is 0. The van der Waals surface area contributed by atoms with Gasteiger partial charge < -0.3 is 21.1 Å². The molecule has 2 aromatic rings. The predicted octanol–water partition coefficient (Wildman–Crippen LogP) is 3.37. The first-order valence-electron chi connectivity index (χ1n) is 11.4. The molecule has 1 unspecified atom stereocenters. The Morgan fingerprint density at radius 1 is 1.29 bits per heavy atom. The number of nitrogens with zero attached hydrogens (tertiary/aromatic N) is 3. The number of benzene rings is 1. The Hall–Kier alpha value is -3.21. The van der Waals surface area contributed by atoms with E-state index in [0.29, 0.717) is 42.8 Å². The molecule has 1 amide bonds. The van der Waals surface area contributed by atoms with Crippen molar-refractivity contribution >= 4 is 18.0 Å². The van der Waals surface area contributed by atoms with Gasteiger partial charge in [-0.1, -0.05) is 12.1 Å². The zero-order valence-electron chi connectivity index (χ0n) is 20.1. The Morgan fingerprint density at radius 2 is 1.91 bits per heavy atom. The normalized spacial score (nSPS) is 15.2. The minimum Gasteiger partial charge on any atom is -0.507 e. The van der Waals surface area contributed by atoms with E-state index in [9.17, 15) is 22.8 Å². The molecule has 1 atom stereocenters. The van der Waals surface area contributed by atoms with Gasteiger partial charge >= 0.3 is 6.18 Å². The van der Waals surface area contributed by atoms with Gasteiger partial charge in [-0.25, -0.2) is 9.97 Å². The Kier molecular flexibility index (Phi) is 10.00. The van der Waals surface area contributed by atoms with Crippen LogP contribution in [0.15, 0.2) is 24.3 Å². The zero-order chi connectivity index (χ0) is 26.2. The maximum atomic E-state index is 12.7. The highest BCUT2D eigenvalue weighted by atomic mass is 19.4. The van der Waals surface area contributed by atoms with Crippen LogP contribution in [0.3, 0.4) is 0 Å². The number of aryl methyl sites for hydroxylation is 1. The summed E-state index contributed by atoms with van der Waals surface area (Å²) in [5.74, 6) is -0.748. The van der Waals surface area contributed by atoms with Crippen LogP contribution < -0.4 is 11.1 Å². The average molecular weight is 496 g/mol. The van der Waals surface area contributed by atoms with Crippen LogP contribution >= 0.6 is 0 Å². The van der Waals surface area contributed by atoms with Gasteiger partial charge in [-0.2, -0.15) is 13.2 Å². The van der Waals surface area contributed by atoms with Gasteiger partial charge in [-0.3, -0.25) is 9.59 Å². The first kappa shape index (κ1) is 28.0. The lowest BCUT2D eigenvalue weighted by atomic mass is 9.90. The van der Waals surface area contributed by atoms with Gasteiger partial charge in [0, 0.05) is 24.3 Å². The summed E-state index contributed by atoms with van der Waals surface area (Å²) in [4.78, 5) is 31.1. The number of carbonyl (C=O) groups is 2. The number of amides is 1. The number of hydrogen-bond donors (Lipinski definition) is 3. The molecule has 0 aliphatic carbocycles. The van der Waals surface area contributed by atoms with E-state index in [-0.39, 0.29) is 29.2 Å². The molecule has 0 saturated carbocycles. The standard InChI is InChI=1S/C17H26F3N5O.C7H6O2/c1-10-13(14(21)24-16(23-10)17(18,19)20)5-4-12-6-8-25(9-7-12)15(26)11(2)22-3;8-5-6-3-1-2-4-7(6)9/h11-12,22H,4-9H2,1-3H3,(H2,21,23,24);1-5,9H. The van der Waals surface area contributed by atoms with Crippen LogP contribution in [-0.2, 0) is 17.4 Å². The summed E-state index contributed by atoms with van der Waals surface area (Å²) in [7, 11) is 1.76. The molecule has 0 radical (unpaired) electrons. The number of para-hydroxylation sites is 1. The molecular formula is C24H32F3N5O3. The fraction of sp³-hybridized carbons (Fsp3) is 0.500. The number of likely N-dealkylation sites (N-methyl/N-ethyl adjacent to an activating group) is 1. The molecule has 192 valence electrons. The van der Waals surface area contributed by atoms with E-state index in [1.807, 2.05) is 11.8 Å². The third kappa shape index (κ3) is 7.91. The number of likely N-dealkylation sites (tertiary alicyclic amines) is 1. The van der Waals surface area contributed by atoms with Gasteiger partial charge in [-0.05, 0) is 64.6 Å². The van der Waals surface area contributed by atoms with Gasteiger partial charge in [0.05, 0.1) is 11.6 Å². The first-order chi connectivity index (χ1) is 16.5. The molecule has 1 aliphatic heterocycles. The van der Waals surface area contributed by atoms with Crippen molar-refractivity contribution in [3.63, 3.8) is 0 Å². The Morgan fingerprint density at radius 3 is 2.40 bits per heavy atom. The second-order valence-electron chi connectivity index (χ2n) is 8.49. The molecule has 8 nitrogen and oxygen atoms in total. The number of anilines is 1. The summed E-state index contributed by atoms with van der Waals surface area (Å²) in [6, 6.07) is 6.20. The van der Waals surface area contributed by atoms with Gasteiger partial charge in [0.15, 0.2) is 6.29 Å². The van der Waals surface area contributed by atoms with E-state index in [1.165, 1.54) is 13.0 Å². The van der Waals surface area contributed by atoms with Crippen molar-refractivity contribution < 1.29 is 27.9 Å². The van der Waals surface area contributed by atoms with E-state index in [1.54, 1.807) is 25.2 Å². The second-order valence-corrected chi connectivity index (χ2v) is 8.49. The molecule has 2 heterocycles. The minimum absolute atomic E-state index is 0.0347. The van der Waals surface area contributed by atoms with Crippen LogP contribution in [0, 0.1) is 12.8 Å². The Bertz CT molecular complexity index is 985. The molecule has 0 bridgehead atoms. The van der Waals surface area contributed by atoms with Crippen LogP contribution in [0.1, 0.15) is 53.6 Å². The van der Waals surface area contributed by atoms with Gasteiger partial charge in [0.1, 0.15) is 11.6 Å². The highest BCUT2D eigenvalue weighted by Gasteiger charge is 2.35. The SMILES string of the molecule is CNC(C)C(=O)N1CCC(CCc2c(C)nc(C(F)(F)F)nc2N)CC1.O=Cc1ccccc1O. The smallest absolute Gasteiger partial charge is 0.451 e. The zero-order valence-corrected chi connectivity index (χ0v) is 20.1. The number of halogens is 3. The van der Waals surface area contributed by atoms with E-state index in [4.69, 9.17) is 10.8 Å². The molecule has 1 fully saturated rings. The highest BCUT2D eigenvalue weighted by Crippen LogP contribution is 2.30. The number of piperidine rings is 1. The van der Waals surface area contributed by atoms with Crippen molar-refractivity contribution in [1.82, 2.24) is 20.2 Å². The number of carbonyl (C=O) groups excluding carboxylic acids is 2. The topological polar surface area (TPSA) is 121 Å². The van der Waals surface area contributed by atoms with Crippen molar-refractivity contribution in [2.24, 2.45) is 5.92 Å². The second kappa shape index (κ2) is 12.5. The highest BCUT2D eigenvalue weighted by molar-refractivity contribution is 5.81. The van der Waals surface area contributed by atoms with Crippen molar-refractivity contribution in [3.05, 3.63) is 46.9 Å². The predicted molar refractivity (Wildman–Crippen MR) is 126 cm³/mol. The fourth-order valence-corrected chi connectivity index (χ4v) is 3.83. The molecule has 11 heteroatoms. The number of nitrogens with one attached hydrogen (secondary N) is 1. The molecule has 1 aromatic carbocycles. The van der Waals surface area contributed by atoms with E-state index in [2.05, 4.69) is 15.3 Å². The number of phenols is 1. The summed E-state index contributed by atoms with van der Waals surface area (Å²) in [6.45, 7) is 4.77. The van der Waals surface area contributed by atoms with Crippen LogP contribution in [-0.4, -0.2) is 58.3 Å². The monoisotopic (exact) mass is 495 g/mol. The summed E-state index contributed by atoms with van der Waals surface area (Å²) < 4.78 is 38.2. The third-order valence-electron chi connectivity index (χ3n) is 6.10. The Balaban J connectivity index is 0.000000402. The van der Waals surface area contributed by atoms with Crippen molar-refractivity contribution in [3.8, 4) is 5.75 Å². The Labute approximate surface area is 202 Å². The number of phenolic OH excluding ortho intramolecular Hbond substituents is 1. The fourth-order valence-electron chi connectivity index (χ4n) is 3.83. The number of alkyl halides is 3. The quantitative estimate of drug-likeness (QED) is 0.526. The van der Waals surface area contributed by atoms with E-state index in [0.717, 1.165) is 19.3 Å². The lowest BCUT2D eigenvalue weighted by Crippen LogP contribution is -2.47. The molecule has 1 saturated heterocycles. The number of nitrogen functional groups attached to an aromatic ring is 1. The number of rotatable bonds is 6. The van der Waals surface area contributed by atoms with Gasteiger partial charge in [-0.15, -0.1) is 0 Å². The number of aldehydes is 1. The minimum atomic E-state index is -4.60. The molecule has 3 rings (SSSR count). The van der Waals surface area contributed by atoms with Crippen LogP contribution in [0.4, 0.5) is 19.0 Å². The van der Waals surface area contributed by atoms with E-state index >= 15 is 0 Å². The lowest BCUT2D eigenvalue weighted by molar-refractivity contribution is -0.145. The first-order valence-corrected chi connectivity index (χ1v) is 11.4. The summed E-state index contributed by atoms with van der Waals surface area (Å²) in [5.41, 5.74) is 6.93. The molecular weight excluding hydrogens is 463 g/mol. The number of nitrogens with two attached hydrogens (primary N) is 1. The average Bonchev–Trinajstić information content (AvgIpc) is 2.83. The maximum Gasteiger partial charge on any atom is 0.451 e. The lowest BCUT2D eigenvalue weighted by Gasteiger charge is -2.33. The van der Waals surface area contributed by atoms with Crippen molar-refractivity contribution in [1.29, 1.82) is 0 Å². The summed E-state index contributed by atoms with van der Waals surface area (Å²) in [5, 5.41) is 11.8. The molecule has 0 spiro atoms. The summed E-state index contributed by atoms with van der Waals surface area (Å²) in [6.07, 6.45) is -0.882. The molecule has 4 N–H and O–H groups in total. The van der Waals surface area contributed by atoms with Crippen molar-refractivity contribution in [2.75, 3.05) is 25.9 Å². The van der Waals surface area contributed by atoms with Gasteiger partial charge in [0.2, 0.25) is 11.7 Å². The number of aromatic hydroxyl groups is 1.